The number of carboxylic acids is 1. The van der Waals surface area contributed by atoms with E-state index in [-0.39, 0.29) is 16.5 Å². The fourth-order valence-electron chi connectivity index (χ4n) is 2.89. The third kappa shape index (κ3) is 5.90. The van der Waals surface area contributed by atoms with Crippen molar-refractivity contribution in [3.8, 4) is 0 Å². The van der Waals surface area contributed by atoms with E-state index in [1.54, 1.807) is 29.6 Å². The molecule has 0 fully saturated rings. The zero-order valence-electron chi connectivity index (χ0n) is 16.6. The van der Waals surface area contributed by atoms with Crippen LogP contribution in [0.2, 0.25) is 0 Å². The fraction of sp³-hybridized carbons (Fsp3) is 0.263. The summed E-state index contributed by atoms with van der Waals surface area (Å²) in [6.07, 6.45) is -0.258. The van der Waals surface area contributed by atoms with Crippen molar-refractivity contribution in [3.05, 3.63) is 52.9 Å². The first-order chi connectivity index (χ1) is 15.2. The van der Waals surface area contributed by atoms with Gasteiger partial charge in [-0.1, -0.05) is 35.5 Å². The normalized spacial score (nSPS) is 16.6. The molecule has 6 N–H and O–H groups in total. The second-order valence-corrected chi connectivity index (χ2v) is 9.80. The number of nitrogens with one attached hydrogen (secondary N) is 3. The number of benzene rings is 1. The number of rotatable bonds is 10. The zero-order valence-corrected chi connectivity index (χ0v) is 18.3. The summed E-state index contributed by atoms with van der Waals surface area (Å²) < 4.78 is 26.5. The maximum absolute atomic E-state index is 12.2. The molecule has 1 aromatic carbocycles. The van der Waals surface area contributed by atoms with Gasteiger partial charge in [0.2, 0.25) is 5.91 Å². The number of amidine groups is 1. The minimum atomic E-state index is -4.01. The number of carbonyl (C=O) groups is 2. The number of nitrogen functional groups attached to an aromatic ring is 1. The largest absolute Gasteiger partial charge is 0.480 e. The molecule has 11 nitrogen and oxygen atoms in total. The molecule has 0 saturated heterocycles. The van der Waals surface area contributed by atoms with Gasteiger partial charge in [0.05, 0.1) is 12.1 Å². The van der Waals surface area contributed by atoms with Crippen LogP contribution >= 0.6 is 11.3 Å². The lowest BCUT2D eigenvalue weighted by molar-refractivity contribution is -0.138. The van der Waals surface area contributed by atoms with Gasteiger partial charge in [0, 0.05) is 18.5 Å². The Bertz CT molecular complexity index is 1130. The summed E-state index contributed by atoms with van der Waals surface area (Å²) in [5.41, 5.74) is 7.41. The van der Waals surface area contributed by atoms with E-state index in [1.807, 2.05) is 0 Å². The standard InChI is InChI=1S/C19H21N5O6S2/c20-18(21)12-5-3-11(4-6-12)14-8-13(30-23-14)9-16(25)22-10-15(19(26)27)24-32(28,29)17-2-1-7-31-17/h1-7,13,15,24H,8-10H2,(H3,20,21)(H,22,25)(H,26,27)/t13?,15-/m0/s1. The van der Waals surface area contributed by atoms with Crippen LogP contribution in [0, 0.1) is 5.41 Å². The predicted molar refractivity (Wildman–Crippen MR) is 117 cm³/mol. The smallest absolute Gasteiger partial charge is 0.323 e. The molecule has 1 aliphatic heterocycles. The lowest BCUT2D eigenvalue weighted by atomic mass is 10.0. The van der Waals surface area contributed by atoms with Crippen LogP contribution in [0.4, 0.5) is 0 Å². The summed E-state index contributed by atoms with van der Waals surface area (Å²) in [7, 11) is -4.01. The van der Waals surface area contributed by atoms with Crippen molar-refractivity contribution in [2.75, 3.05) is 6.54 Å². The molecule has 1 aliphatic rings. The average molecular weight is 480 g/mol. The van der Waals surface area contributed by atoms with Gasteiger partial charge >= 0.3 is 5.97 Å². The van der Waals surface area contributed by atoms with Gasteiger partial charge in [-0.3, -0.25) is 15.0 Å². The van der Waals surface area contributed by atoms with E-state index >= 15 is 0 Å². The van der Waals surface area contributed by atoms with Crippen molar-refractivity contribution >= 4 is 44.8 Å². The van der Waals surface area contributed by atoms with Crippen LogP contribution in [0.15, 0.2) is 51.1 Å². The Morgan fingerprint density at radius 1 is 1.31 bits per heavy atom. The number of carbonyl (C=O) groups excluding carboxylic acids is 1. The molecular formula is C19H21N5O6S2. The number of thiophene rings is 1. The number of nitrogens with zero attached hydrogens (tertiary/aromatic N) is 1. The topological polar surface area (TPSA) is 184 Å². The second kappa shape index (κ2) is 9.89. The van der Waals surface area contributed by atoms with Crippen LogP contribution in [0.3, 0.4) is 0 Å². The molecule has 0 spiro atoms. The van der Waals surface area contributed by atoms with E-state index in [9.17, 15) is 23.1 Å². The number of carboxylic acid groups (broad SMARTS) is 1. The van der Waals surface area contributed by atoms with E-state index in [4.69, 9.17) is 16.0 Å². The molecule has 3 rings (SSSR count). The van der Waals surface area contributed by atoms with E-state index in [0.717, 1.165) is 16.9 Å². The van der Waals surface area contributed by atoms with Gasteiger partial charge < -0.3 is 21.0 Å². The van der Waals surface area contributed by atoms with Gasteiger partial charge in [0.1, 0.15) is 22.2 Å². The minimum absolute atomic E-state index is 0.0181. The molecular weight excluding hydrogens is 458 g/mol. The molecule has 0 radical (unpaired) electrons. The van der Waals surface area contributed by atoms with Crippen LogP contribution in [-0.4, -0.2) is 55.6 Å². The molecule has 0 aliphatic carbocycles. The summed E-state index contributed by atoms with van der Waals surface area (Å²) in [5.74, 6) is -1.96. The van der Waals surface area contributed by atoms with Crippen LogP contribution in [-0.2, 0) is 24.4 Å². The van der Waals surface area contributed by atoms with Gasteiger partial charge in [-0.15, -0.1) is 11.3 Å². The molecule has 1 aromatic heterocycles. The highest BCUT2D eigenvalue weighted by molar-refractivity contribution is 7.91. The molecule has 13 heteroatoms. The first-order valence-corrected chi connectivity index (χ1v) is 11.7. The molecule has 0 saturated carbocycles. The molecule has 170 valence electrons. The van der Waals surface area contributed by atoms with E-state index in [1.165, 1.54) is 12.1 Å². The van der Waals surface area contributed by atoms with Gasteiger partial charge in [0.15, 0.2) is 0 Å². The van der Waals surface area contributed by atoms with Crippen molar-refractivity contribution < 1.29 is 28.0 Å². The van der Waals surface area contributed by atoms with Crippen molar-refractivity contribution in [2.45, 2.75) is 29.2 Å². The number of nitrogens with two attached hydrogens (primary N) is 1. The third-order valence-corrected chi connectivity index (χ3v) is 7.40. The molecule has 0 bridgehead atoms. The van der Waals surface area contributed by atoms with Crippen molar-refractivity contribution in [3.63, 3.8) is 0 Å². The number of hydrogen-bond acceptors (Lipinski definition) is 8. The molecule has 1 unspecified atom stereocenters. The SMILES string of the molecule is N=C(N)c1ccc(C2=NOC(CC(=O)NC[C@H](NS(=O)(=O)c3cccs3)C(=O)O)C2)cc1. The summed E-state index contributed by atoms with van der Waals surface area (Å²) in [6, 6.07) is 8.23. The number of aliphatic carboxylic acids is 1. The van der Waals surface area contributed by atoms with Gasteiger partial charge in [-0.2, -0.15) is 4.72 Å². The van der Waals surface area contributed by atoms with Crippen LogP contribution in [0.1, 0.15) is 24.0 Å². The highest BCUT2D eigenvalue weighted by Gasteiger charge is 2.28. The van der Waals surface area contributed by atoms with Crippen LogP contribution in [0.5, 0.6) is 0 Å². The second-order valence-electron chi connectivity index (χ2n) is 6.91. The fourth-order valence-corrected chi connectivity index (χ4v) is 5.09. The number of oxime groups is 1. The maximum atomic E-state index is 12.2. The molecule has 2 aromatic rings. The zero-order chi connectivity index (χ0) is 23.3. The number of sulfonamides is 1. The lowest BCUT2D eigenvalue weighted by Crippen LogP contribution is -2.48. The molecule has 2 heterocycles. The monoisotopic (exact) mass is 479 g/mol. The van der Waals surface area contributed by atoms with Gasteiger partial charge in [0.25, 0.3) is 10.0 Å². The number of hydrogen-bond donors (Lipinski definition) is 5. The first-order valence-electron chi connectivity index (χ1n) is 9.38. The third-order valence-electron chi connectivity index (χ3n) is 4.53. The Morgan fingerprint density at radius 3 is 2.62 bits per heavy atom. The number of amides is 1. The van der Waals surface area contributed by atoms with Gasteiger partial charge in [-0.25, -0.2) is 8.42 Å². The summed E-state index contributed by atoms with van der Waals surface area (Å²) in [4.78, 5) is 29.0. The van der Waals surface area contributed by atoms with Crippen LogP contribution in [0.25, 0.3) is 0 Å². The van der Waals surface area contributed by atoms with Crippen molar-refractivity contribution in [1.82, 2.24) is 10.0 Å². The van der Waals surface area contributed by atoms with E-state index < -0.39 is 40.6 Å². The quantitative estimate of drug-likeness (QED) is 0.242. The summed E-state index contributed by atoms with van der Waals surface area (Å²) in [5, 5.41) is 24.7. The highest BCUT2D eigenvalue weighted by atomic mass is 32.2. The van der Waals surface area contributed by atoms with E-state index in [2.05, 4.69) is 15.2 Å². The average Bonchev–Trinajstić information content (AvgIpc) is 3.43. The predicted octanol–water partition coefficient (Wildman–Crippen LogP) is 0.463. The van der Waals surface area contributed by atoms with Crippen LogP contribution < -0.4 is 15.8 Å². The first kappa shape index (κ1) is 23.4. The molecule has 1 amide bonds. The Labute approximate surface area is 187 Å². The lowest BCUT2D eigenvalue weighted by Gasteiger charge is -2.15. The van der Waals surface area contributed by atoms with Crippen molar-refractivity contribution in [2.24, 2.45) is 10.9 Å². The molecule has 32 heavy (non-hydrogen) atoms. The molecule has 2 atom stereocenters. The Kier molecular flexibility index (Phi) is 7.22. The summed E-state index contributed by atoms with van der Waals surface area (Å²) >= 11 is 0.953. The van der Waals surface area contributed by atoms with Crippen molar-refractivity contribution in [1.29, 1.82) is 5.41 Å². The minimum Gasteiger partial charge on any atom is -0.480 e. The Balaban J connectivity index is 1.50. The Hall–Kier alpha value is -3.29. The summed E-state index contributed by atoms with van der Waals surface area (Å²) in [6.45, 7) is -0.425. The van der Waals surface area contributed by atoms with E-state index in [0.29, 0.717) is 17.7 Å². The Morgan fingerprint density at radius 2 is 2.03 bits per heavy atom. The highest BCUT2D eigenvalue weighted by Crippen LogP contribution is 2.19. The maximum Gasteiger partial charge on any atom is 0.323 e. The van der Waals surface area contributed by atoms with Gasteiger partial charge in [-0.05, 0) is 17.0 Å².